The highest BCUT2D eigenvalue weighted by Gasteiger charge is 2.30. The Morgan fingerprint density at radius 1 is 1.27 bits per heavy atom. The quantitative estimate of drug-likeness (QED) is 0.590. The second-order valence-corrected chi connectivity index (χ2v) is 6.67. The summed E-state index contributed by atoms with van der Waals surface area (Å²) in [5.41, 5.74) is 2.83. The third-order valence-electron chi connectivity index (χ3n) is 4.44. The zero-order valence-electron chi connectivity index (χ0n) is 14.2. The van der Waals surface area contributed by atoms with Gasteiger partial charge in [0.05, 0.1) is 6.20 Å². The van der Waals surface area contributed by atoms with E-state index in [0.717, 1.165) is 29.4 Å². The molecule has 0 unspecified atom stereocenters. The van der Waals surface area contributed by atoms with E-state index in [-0.39, 0.29) is 11.8 Å². The van der Waals surface area contributed by atoms with Gasteiger partial charge < -0.3 is 15.0 Å². The number of benzene rings is 1. The van der Waals surface area contributed by atoms with Crippen molar-refractivity contribution in [2.45, 2.75) is 19.8 Å². The van der Waals surface area contributed by atoms with E-state index in [1.54, 1.807) is 16.8 Å². The minimum absolute atomic E-state index is 0.0278. The molecular formula is C19H17N5O2. The van der Waals surface area contributed by atoms with E-state index in [2.05, 4.69) is 26.4 Å². The molecule has 3 heterocycles. The highest BCUT2D eigenvalue weighted by molar-refractivity contribution is 5.93. The van der Waals surface area contributed by atoms with Gasteiger partial charge in [0.2, 0.25) is 11.8 Å². The number of H-pyrrole nitrogens is 1. The topological polar surface area (TPSA) is 84.3 Å². The molecule has 7 nitrogen and oxygen atoms in total. The van der Waals surface area contributed by atoms with E-state index < -0.39 is 0 Å². The highest BCUT2D eigenvalue weighted by atomic mass is 16.5. The number of rotatable bonds is 4. The van der Waals surface area contributed by atoms with E-state index in [9.17, 15) is 4.79 Å². The van der Waals surface area contributed by atoms with Crippen LogP contribution in [-0.2, 0) is 4.79 Å². The Morgan fingerprint density at radius 2 is 2.15 bits per heavy atom. The number of nitrogens with zero attached hydrogens (tertiary/aromatic N) is 3. The Morgan fingerprint density at radius 3 is 3.00 bits per heavy atom. The summed E-state index contributed by atoms with van der Waals surface area (Å²) in [5.74, 6) is 1.85. The molecule has 130 valence electrons. The molecule has 0 saturated heterocycles. The van der Waals surface area contributed by atoms with Crippen LogP contribution in [0.25, 0.3) is 16.6 Å². The molecule has 0 atom stereocenters. The molecule has 0 bridgehead atoms. The number of nitrogens with one attached hydrogen (secondary N) is 2. The second kappa shape index (κ2) is 5.59. The predicted molar refractivity (Wildman–Crippen MR) is 97.5 cm³/mol. The summed E-state index contributed by atoms with van der Waals surface area (Å²) in [4.78, 5) is 19.5. The van der Waals surface area contributed by atoms with Crippen molar-refractivity contribution < 1.29 is 9.53 Å². The number of hydrogen-bond acceptors (Lipinski definition) is 4. The lowest BCUT2D eigenvalue weighted by Gasteiger charge is -2.04. The number of carbonyl (C=O) groups is 1. The zero-order chi connectivity index (χ0) is 17.7. The largest absolute Gasteiger partial charge is 0.438 e. The Labute approximate surface area is 149 Å². The Hall–Kier alpha value is -3.35. The first-order valence-corrected chi connectivity index (χ1v) is 8.58. The number of amides is 1. The van der Waals surface area contributed by atoms with Crippen molar-refractivity contribution in [1.82, 2.24) is 19.6 Å². The van der Waals surface area contributed by atoms with Crippen LogP contribution >= 0.6 is 0 Å². The molecule has 7 heteroatoms. The molecule has 5 rings (SSSR count). The van der Waals surface area contributed by atoms with Crippen LogP contribution in [0.1, 0.15) is 18.5 Å². The van der Waals surface area contributed by atoms with Gasteiger partial charge in [0, 0.05) is 28.6 Å². The normalized spacial score (nSPS) is 14.0. The molecule has 0 spiro atoms. The van der Waals surface area contributed by atoms with Crippen LogP contribution in [0.15, 0.2) is 42.6 Å². The van der Waals surface area contributed by atoms with E-state index in [1.807, 2.05) is 31.2 Å². The molecule has 0 radical (unpaired) electrons. The van der Waals surface area contributed by atoms with Crippen LogP contribution in [0, 0.1) is 12.8 Å². The maximum absolute atomic E-state index is 11.9. The second-order valence-electron chi connectivity index (χ2n) is 6.67. The van der Waals surface area contributed by atoms with Gasteiger partial charge in [-0.1, -0.05) is 0 Å². The minimum Gasteiger partial charge on any atom is -0.438 e. The molecular weight excluding hydrogens is 330 g/mol. The number of fused-ring (bicyclic) bond motifs is 2. The number of aromatic amines is 1. The van der Waals surface area contributed by atoms with E-state index in [1.165, 1.54) is 0 Å². The van der Waals surface area contributed by atoms with Gasteiger partial charge in [-0.25, -0.2) is 9.50 Å². The lowest BCUT2D eigenvalue weighted by Crippen LogP contribution is -2.13. The average molecular weight is 347 g/mol. The SMILES string of the molecule is Cc1cc2cc(Oc3ccc4nc(NC(=O)C5CC5)cn4n3)ccc2[nH]1. The van der Waals surface area contributed by atoms with Gasteiger partial charge in [-0.05, 0) is 50.1 Å². The third-order valence-corrected chi connectivity index (χ3v) is 4.44. The number of carbonyl (C=O) groups excluding carboxylic acids is 1. The number of anilines is 1. The summed E-state index contributed by atoms with van der Waals surface area (Å²) in [6.45, 7) is 2.02. The Balaban J connectivity index is 1.39. The van der Waals surface area contributed by atoms with Gasteiger partial charge in [-0.3, -0.25) is 4.79 Å². The van der Waals surface area contributed by atoms with Crippen molar-refractivity contribution in [1.29, 1.82) is 0 Å². The molecule has 2 N–H and O–H groups in total. The molecule has 3 aromatic heterocycles. The number of ether oxygens (including phenoxy) is 1. The standard InChI is InChI=1S/C19H17N5O2/c1-11-8-13-9-14(4-5-15(13)20-11)26-18-7-6-17-21-16(10-24(17)23-18)22-19(25)12-2-3-12/h4-10,12,20H,2-3H2,1H3,(H,22,25). The molecule has 0 aliphatic heterocycles. The van der Waals surface area contributed by atoms with Crippen LogP contribution in [0.3, 0.4) is 0 Å². The first-order chi connectivity index (χ1) is 12.6. The minimum atomic E-state index is 0.0278. The summed E-state index contributed by atoms with van der Waals surface area (Å²) < 4.78 is 7.49. The summed E-state index contributed by atoms with van der Waals surface area (Å²) in [6, 6.07) is 11.5. The van der Waals surface area contributed by atoms with Gasteiger partial charge in [0.15, 0.2) is 11.5 Å². The van der Waals surface area contributed by atoms with Crippen LogP contribution in [0.5, 0.6) is 11.6 Å². The lowest BCUT2D eigenvalue weighted by molar-refractivity contribution is -0.117. The highest BCUT2D eigenvalue weighted by Crippen LogP contribution is 2.30. The van der Waals surface area contributed by atoms with Crippen molar-refractivity contribution in [3.05, 3.63) is 48.3 Å². The molecule has 26 heavy (non-hydrogen) atoms. The summed E-state index contributed by atoms with van der Waals surface area (Å²) in [6.07, 6.45) is 3.61. The average Bonchev–Trinajstić information content (AvgIpc) is 3.29. The van der Waals surface area contributed by atoms with Crippen LogP contribution in [0.2, 0.25) is 0 Å². The monoisotopic (exact) mass is 347 g/mol. The molecule has 1 aliphatic rings. The van der Waals surface area contributed by atoms with Crippen molar-refractivity contribution in [2.24, 2.45) is 5.92 Å². The molecule has 1 aliphatic carbocycles. The third kappa shape index (κ3) is 2.77. The molecule has 1 saturated carbocycles. The molecule has 1 fully saturated rings. The van der Waals surface area contributed by atoms with Gasteiger partial charge in [-0.2, -0.15) is 0 Å². The lowest BCUT2D eigenvalue weighted by atomic mass is 10.2. The Bertz CT molecular complexity index is 1140. The maximum atomic E-state index is 11.9. The molecule has 4 aromatic rings. The first-order valence-electron chi connectivity index (χ1n) is 8.58. The number of aromatic nitrogens is 4. The van der Waals surface area contributed by atoms with Crippen molar-refractivity contribution in [3.63, 3.8) is 0 Å². The smallest absolute Gasteiger partial charge is 0.237 e. The molecule has 1 amide bonds. The van der Waals surface area contributed by atoms with Gasteiger partial charge in [0.25, 0.3) is 0 Å². The zero-order valence-corrected chi connectivity index (χ0v) is 14.2. The fourth-order valence-corrected chi connectivity index (χ4v) is 2.99. The summed E-state index contributed by atoms with van der Waals surface area (Å²) in [5, 5.41) is 8.34. The van der Waals surface area contributed by atoms with Gasteiger partial charge in [-0.15, -0.1) is 5.10 Å². The fraction of sp³-hybridized carbons (Fsp3) is 0.211. The maximum Gasteiger partial charge on any atom is 0.237 e. The van der Waals surface area contributed by atoms with Crippen LogP contribution in [0.4, 0.5) is 5.82 Å². The van der Waals surface area contributed by atoms with Crippen LogP contribution in [-0.4, -0.2) is 25.5 Å². The van der Waals surface area contributed by atoms with Crippen molar-refractivity contribution in [2.75, 3.05) is 5.32 Å². The van der Waals surface area contributed by atoms with E-state index in [4.69, 9.17) is 4.74 Å². The molecule has 1 aromatic carbocycles. The number of imidazole rings is 1. The van der Waals surface area contributed by atoms with Crippen molar-refractivity contribution >= 4 is 28.3 Å². The van der Waals surface area contributed by atoms with Gasteiger partial charge >= 0.3 is 0 Å². The number of aryl methyl sites for hydroxylation is 1. The van der Waals surface area contributed by atoms with Crippen molar-refractivity contribution in [3.8, 4) is 11.6 Å². The van der Waals surface area contributed by atoms with E-state index in [0.29, 0.717) is 23.1 Å². The number of hydrogen-bond donors (Lipinski definition) is 2. The fourth-order valence-electron chi connectivity index (χ4n) is 2.99. The first kappa shape index (κ1) is 14.9. The van der Waals surface area contributed by atoms with E-state index >= 15 is 0 Å². The van der Waals surface area contributed by atoms with Crippen LogP contribution < -0.4 is 10.1 Å². The summed E-state index contributed by atoms with van der Waals surface area (Å²) in [7, 11) is 0. The van der Waals surface area contributed by atoms with Gasteiger partial charge in [0.1, 0.15) is 5.75 Å². The summed E-state index contributed by atoms with van der Waals surface area (Å²) >= 11 is 0. The Kier molecular flexibility index (Phi) is 3.21. The predicted octanol–water partition coefficient (Wildman–Crippen LogP) is 3.66.